The van der Waals surface area contributed by atoms with Crippen molar-refractivity contribution in [2.45, 2.75) is 0 Å². The van der Waals surface area contributed by atoms with E-state index in [0.717, 1.165) is 6.07 Å². The molecular formula is C13H10F3IN2O2. The zero-order valence-electron chi connectivity index (χ0n) is 10.7. The molecule has 0 heterocycles. The van der Waals surface area contributed by atoms with Gasteiger partial charge in [-0.1, -0.05) is 0 Å². The van der Waals surface area contributed by atoms with Crippen LogP contribution < -0.4 is 15.5 Å². The van der Waals surface area contributed by atoms with Crippen LogP contribution in [0.3, 0.4) is 0 Å². The summed E-state index contributed by atoms with van der Waals surface area (Å²) in [6.45, 7) is 0. The standard InChI is InChI=1S/C13H10F3IN2O2/c1-21-10-5-8(15)11(16)13(12(10)19-20)18-9-3-2-6(17)4-7(9)14/h2-5,18-20H,1H3. The lowest BCUT2D eigenvalue weighted by Gasteiger charge is -2.16. The van der Waals surface area contributed by atoms with Gasteiger partial charge in [0.1, 0.15) is 22.9 Å². The van der Waals surface area contributed by atoms with Gasteiger partial charge in [0.2, 0.25) is 0 Å². The molecular weight excluding hydrogens is 400 g/mol. The zero-order valence-corrected chi connectivity index (χ0v) is 12.8. The molecule has 0 saturated heterocycles. The van der Waals surface area contributed by atoms with Gasteiger partial charge in [-0.25, -0.2) is 13.2 Å². The Bertz CT molecular complexity index is 683. The molecule has 2 aromatic carbocycles. The molecule has 3 N–H and O–H groups in total. The Morgan fingerprint density at radius 3 is 2.38 bits per heavy atom. The number of rotatable bonds is 4. The van der Waals surface area contributed by atoms with Crippen molar-refractivity contribution < 1.29 is 23.1 Å². The predicted octanol–water partition coefficient (Wildman–Crippen LogP) is 4.26. The van der Waals surface area contributed by atoms with Crippen LogP contribution in [0.1, 0.15) is 0 Å². The Hall–Kier alpha value is -1.68. The maximum Gasteiger partial charge on any atom is 0.184 e. The van der Waals surface area contributed by atoms with Crippen molar-refractivity contribution >= 4 is 39.7 Å². The summed E-state index contributed by atoms with van der Waals surface area (Å²) in [5.74, 6) is -3.25. The minimum atomic E-state index is -1.27. The van der Waals surface area contributed by atoms with Crippen molar-refractivity contribution in [1.82, 2.24) is 0 Å². The number of nitrogens with one attached hydrogen (secondary N) is 2. The third-order valence-electron chi connectivity index (χ3n) is 2.71. The fourth-order valence-electron chi connectivity index (χ4n) is 1.72. The molecule has 0 radical (unpaired) electrons. The molecule has 0 aliphatic rings. The molecule has 4 nitrogen and oxygen atoms in total. The summed E-state index contributed by atoms with van der Waals surface area (Å²) in [7, 11) is 1.22. The molecule has 2 rings (SSSR count). The molecule has 0 atom stereocenters. The van der Waals surface area contributed by atoms with E-state index in [0.29, 0.717) is 3.57 Å². The van der Waals surface area contributed by atoms with Gasteiger partial charge < -0.3 is 10.1 Å². The molecule has 0 spiro atoms. The van der Waals surface area contributed by atoms with Crippen LogP contribution in [0.5, 0.6) is 5.75 Å². The van der Waals surface area contributed by atoms with Crippen molar-refractivity contribution in [2.24, 2.45) is 0 Å². The average Bonchev–Trinajstić information content (AvgIpc) is 2.46. The summed E-state index contributed by atoms with van der Waals surface area (Å²) < 4.78 is 46.7. The van der Waals surface area contributed by atoms with E-state index in [2.05, 4.69) is 5.32 Å². The fraction of sp³-hybridized carbons (Fsp3) is 0.0769. The summed E-state index contributed by atoms with van der Waals surface area (Å²) in [5.41, 5.74) is 0.940. The number of ether oxygens (including phenoxy) is 1. The highest BCUT2D eigenvalue weighted by Gasteiger charge is 2.20. The molecule has 2 aromatic rings. The number of methoxy groups -OCH3 is 1. The van der Waals surface area contributed by atoms with Crippen LogP contribution in [0.25, 0.3) is 0 Å². The number of anilines is 3. The van der Waals surface area contributed by atoms with E-state index in [1.54, 1.807) is 11.5 Å². The first-order valence-corrected chi connectivity index (χ1v) is 6.74. The van der Waals surface area contributed by atoms with Crippen LogP contribution in [0.4, 0.5) is 30.2 Å². The molecule has 112 valence electrons. The molecule has 0 unspecified atom stereocenters. The van der Waals surface area contributed by atoms with E-state index >= 15 is 0 Å². The topological polar surface area (TPSA) is 53.5 Å². The predicted molar refractivity (Wildman–Crippen MR) is 80.7 cm³/mol. The lowest BCUT2D eigenvalue weighted by Crippen LogP contribution is -2.06. The van der Waals surface area contributed by atoms with Gasteiger partial charge in [0.15, 0.2) is 11.6 Å². The van der Waals surface area contributed by atoms with Crippen molar-refractivity contribution in [1.29, 1.82) is 0 Å². The second-order valence-corrected chi connectivity index (χ2v) is 5.23. The molecule has 0 bridgehead atoms. The van der Waals surface area contributed by atoms with Crippen LogP contribution in [0, 0.1) is 21.0 Å². The summed E-state index contributed by atoms with van der Waals surface area (Å²) in [6, 6.07) is 4.95. The van der Waals surface area contributed by atoms with E-state index in [1.807, 2.05) is 22.6 Å². The number of halogens is 4. The average molecular weight is 410 g/mol. The molecule has 0 amide bonds. The lowest BCUT2D eigenvalue weighted by molar-refractivity contribution is 0.370. The van der Waals surface area contributed by atoms with Crippen LogP contribution in [-0.4, -0.2) is 12.3 Å². The molecule has 0 fully saturated rings. The van der Waals surface area contributed by atoms with Crippen molar-refractivity contribution in [2.75, 3.05) is 17.9 Å². The smallest absolute Gasteiger partial charge is 0.184 e. The maximum atomic E-state index is 13.9. The second kappa shape index (κ2) is 6.39. The molecule has 0 saturated carbocycles. The van der Waals surface area contributed by atoms with Gasteiger partial charge in [0.05, 0.1) is 12.8 Å². The Morgan fingerprint density at radius 1 is 1.10 bits per heavy atom. The maximum absolute atomic E-state index is 13.9. The minimum Gasteiger partial charge on any atom is -0.494 e. The SMILES string of the molecule is COc1cc(F)c(F)c(Nc2ccc(I)cc2F)c1NO. The first-order valence-electron chi connectivity index (χ1n) is 5.66. The van der Waals surface area contributed by atoms with Crippen LogP contribution >= 0.6 is 22.6 Å². The van der Waals surface area contributed by atoms with E-state index in [-0.39, 0.29) is 17.1 Å². The van der Waals surface area contributed by atoms with Crippen molar-refractivity contribution in [3.05, 3.63) is 45.3 Å². The van der Waals surface area contributed by atoms with Crippen molar-refractivity contribution in [3.8, 4) is 5.75 Å². The normalized spacial score (nSPS) is 10.4. The van der Waals surface area contributed by atoms with Crippen LogP contribution in [0.15, 0.2) is 24.3 Å². The number of hydrogen-bond donors (Lipinski definition) is 3. The molecule has 0 aliphatic heterocycles. The van der Waals surface area contributed by atoms with Gasteiger partial charge in [-0.05, 0) is 40.8 Å². The van der Waals surface area contributed by atoms with Crippen molar-refractivity contribution in [3.63, 3.8) is 0 Å². The van der Waals surface area contributed by atoms with Gasteiger partial charge in [0, 0.05) is 9.64 Å². The molecule has 8 heteroatoms. The van der Waals surface area contributed by atoms with E-state index in [1.165, 1.54) is 19.2 Å². The first-order chi connectivity index (χ1) is 9.97. The summed E-state index contributed by atoms with van der Waals surface area (Å²) >= 11 is 1.92. The quantitative estimate of drug-likeness (QED) is 0.521. The van der Waals surface area contributed by atoms with Gasteiger partial charge in [-0.2, -0.15) is 0 Å². The highest BCUT2D eigenvalue weighted by Crippen LogP contribution is 2.38. The summed E-state index contributed by atoms with van der Waals surface area (Å²) in [6.07, 6.45) is 0. The molecule has 21 heavy (non-hydrogen) atoms. The molecule has 0 aliphatic carbocycles. The lowest BCUT2D eigenvalue weighted by atomic mass is 10.2. The Balaban J connectivity index is 2.54. The van der Waals surface area contributed by atoms with Crippen LogP contribution in [-0.2, 0) is 0 Å². The Labute approximate surface area is 132 Å². The number of benzene rings is 2. The van der Waals surface area contributed by atoms with Gasteiger partial charge >= 0.3 is 0 Å². The third-order valence-corrected chi connectivity index (χ3v) is 3.38. The number of hydrogen-bond acceptors (Lipinski definition) is 4. The Morgan fingerprint density at radius 2 is 1.81 bits per heavy atom. The highest BCUT2D eigenvalue weighted by molar-refractivity contribution is 14.1. The highest BCUT2D eigenvalue weighted by atomic mass is 127. The van der Waals surface area contributed by atoms with Gasteiger partial charge in [-0.3, -0.25) is 10.7 Å². The summed E-state index contributed by atoms with van der Waals surface area (Å²) in [4.78, 5) is 0. The Kier molecular flexibility index (Phi) is 4.78. The minimum absolute atomic E-state index is 0.0709. The monoisotopic (exact) mass is 410 g/mol. The summed E-state index contributed by atoms with van der Waals surface area (Å²) in [5, 5.41) is 11.5. The van der Waals surface area contributed by atoms with Crippen LogP contribution in [0.2, 0.25) is 0 Å². The van der Waals surface area contributed by atoms with E-state index in [4.69, 9.17) is 9.94 Å². The van der Waals surface area contributed by atoms with Gasteiger partial charge in [0.25, 0.3) is 0 Å². The third kappa shape index (κ3) is 3.16. The van der Waals surface area contributed by atoms with E-state index < -0.39 is 23.1 Å². The molecule has 0 aromatic heterocycles. The van der Waals surface area contributed by atoms with Gasteiger partial charge in [-0.15, -0.1) is 0 Å². The second-order valence-electron chi connectivity index (χ2n) is 3.99. The fourth-order valence-corrected chi connectivity index (χ4v) is 2.17. The zero-order chi connectivity index (χ0) is 15.6. The largest absolute Gasteiger partial charge is 0.494 e. The first kappa shape index (κ1) is 15.7. The van der Waals surface area contributed by atoms with E-state index in [9.17, 15) is 13.2 Å².